The van der Waals surface area contributed by atoms with Crippen molar-refractivity contribution in [1.29, 1.82) is 0 Å². The number of ether oxygens (including phenoxy) is 1. The Kier molecular flexibility index (Phi) is 4.20. The molecule has 0 atom stereocenters. The largest absolute Gasteiger partial charge is 0.496 e. The third-order valence-corrected chi connectivity index (χ3v) is 3.19. The van der Waals surface area contributed by atoms with Gasteiger partial charge in [0.25, 0.3) is 0 Å². The van der Waals surface area contributed by atoms with Crippen molar-refractivity contribution in [2.24, 2.45) is 5.41 Å². The third kappa shape index (κ3) is 3.22. The third-order valence-electron chi connectivity index (χ3n) is 2.73. The molecule has 4 heteroatoms. The number of halogens is 1. The van der Waals surface area contributed by atoms with Crippen molar-refractivity contribution in [2.75, 3.05) is 7.11 Å². The van der Waals surface area contributed by atoms with Crippen molar-refractivity contribution in [1.82, 2.24) is 0 Å². The summed E-state index contributed by atoms with van der Waals surface area (Å²) >= 11 is 3.42. The van der Waals surface area contributed by atoms with Crippen LogP contribution in [0.1, 0.15) is 25.0 Å². The van der Waals surface area contributed by atoms with Crippen molar-refractivity contribution in [3.05, 3.63) is 27.7 Å². The molecular weight excluding hydrogens is 284 g/mol. The molecule has 1 aromatic carbocycles. The Morgan fingerprint density at radius 1 is 1.47 bits per heavy atom. The fraction of sp³-hybridized carbons (Fsp3) is 0.462. The second-order valence-electron chi connectivity index (χ2n) is 4.78. The minimum absolute atomic E-state index is 0.436. The standard InChI is InChI=1S/C13H17BrO3/c1-8-5-10(14)6-9(11(8)17-4)7-13(2,3)12(15)16/h5-6H,7H2,1-4H3,(H,15,16). The van der Waals surface area contributed by atoms with E-state index in [-0.39, 0.29) is 0 Å². The maximum absolute atomic E-state index is 11.1. The van der Waals surface area contributed by atoms with E-state index in [1.165, 1.54) is 0 Å². The van der Waals surface area contributed by atoms with Crippen LogP contribution >= 0.6 is 15.9 Å². The van der Waals surface area contributed by atoms with Gasteiger partial charge in [-0.3, -0.25) is 4.79 Å². The smallest absolute Gasteiger partial charge is 0.309 e. The molecular formula is C13H17BrO3. The molecule has 0 aromatic heterocycles. The fourth-order valence-corrected chi connectivity index (χ4v) is 2.39. The molecule has 0 radical (unpaired) electrons. The van der Waals surface area contributed by atoms with E-state index in [1.807, 2.05) is 19.1 Å². The number of carbonyl (C=O) groups is 1. The van der Waals surface area contributed by atoms with Crippen LogP contribution in [-0.4, -0.2) is 18.2 Å². The fourth-order valence-electron chi connectivity index (χ4n) is 1.77. The molecule has 3 nitrogen and oxygen atoms in total. The summed E-state index contributed by atoms with van der Waals surface area (Å²) in [7, 11) is 1.60. The van der Waals surface area contributed by atoms with Gasteiger partial charge in [0.1, 0.15) is 5.75 Å². The van der Waals surface area contributed by atoms with Crippen molar-refractivity contribution in [3.8, 4) is 5.75 Å². The molecule has 0 amide bonds. The molecule has 0 saturated heterocycles. The summed E-state index contributed by atoms with van der Waals surface area (Å²) in [5, 5.41) is 9.15. The summed E-state index contributed by atoms with van der Waals surface area (Å²) in [5.41, 5.74) is 1.10. The minimum atomic E-state index is -0.808. The number of benzene rings is 1. The molecule has 0 unspecified atom stereocenters. The van der Waals surface area contributed by atoms with E-state index in [4.69, 9.17) is 9.84 Å². The first kappa shape index (κ1) is 14.0. The van der Waals surface area contributed by atoms with Crippen molar-refractivity contribution >= 4 is 21.9 Å². The van der Waals surface area contributed by atoms with Crippen LogP contribution in [0, 0.1) is 12.3 Å². The van der Waals surface area contributed by atoms with Crippen LogP contribution in [0.25, 0.3) is 0 Å². The summed E-state index contributed by atoms with van der Waals surface area (Å²) < 4.78 is 6.28. The lowest BCUT2D eigenvalue weighted by Gasteiger charge is -2.21. The Hall–Kier alpha value is -1.03. The van der Waals surface area contributed by atoms with Crippen LogP contribution in [0.3, 0.4) is 0 Å². The zero-order valence-corrected chi connectivity index (χ0v) is 12.1. The summed E-state index contributed by atoms with van der Waals surface area (Å²) in [6.45, 7) is 5.37. The monoisotopic (exact) mass is 300 g/mol. The summed E-state index contributed by atoms with van der Waals surface area (Å²) in [5.74, 6) is -0.0419. The van der Waals surface area contributed by atoms with Crippen LogP contribution in [0.2, 0.25) is 0 Å². The van der Waals surface area contributed by atoms with E-state index >= 15 is 0 Å². The Morgan fingerprint density at radius 2 is 2.06 bits per heavy atom. The number of rotatable bonds is 4. The van der Waals surface area contributed by atoms with Gasteiger partial charge in [-0.25, -0.2) is 0 Å². The lowest BCUT2D eigenvalue weighted by atomic mass is 9.85. The average molecular weight is 301 g/mol. The topological polar surface area (TPSA) is 46.5 Å². The molecule has 1 N–H and O–H groups in total. The SMILES string of the molecule is COc1c(C)cc(Br)cc1CC(C)(C)C(=O)O. The molecule has 0 spiro atoms. The zero-order chi connectivity index (χ0) is 13.2. The molecule has 94 valence electrons. The van der Waals surface area contributed by atoms with E-state index in [9.17, 15) is 4.79 Å². The number of hydrogen-bond acceptors (Lipinski definition) is 2. The van der Waals surface area contributed by atoms with Gasteiger partial charge in [-0.2, -0.15) is 0 Å². The molecule has 17 heavy (non-hydrogen) atoms. The number of aliphatic carboxylic acids is 1. The lowest BCUT2D eigenvalue weighted by Crippen LogP contribution is -2.26. The predicted molar refractivity (Wildman–Crippen MR) is 70.6 cm³/mol. The first-order chi connectivity index (χ1) is 7.77. The number of carboxylic acid groups (broad SMARTS) is 1. The molecule has 0 aliphatic heterocycles. The highest BCUT2D eigenvalue weighted by molar-refractivity contribution is 9.10. The van der Waals surface area contributed by atoms with Gasteiger partial charge in [0.15, 0.2) is 0 Å². The summed E-state index contributed by atoms with van der Waals surface area (Å²) in [4.78, 5) is 11.1. The van der Waals surface area contributed by atoms with Gasteiger partial charge in [-0.15, -0.1) is 0 Å². The molecule has 0 saturated carbocycles. The van der Waals surface area contributed by atoms with Crippen molar-refractivity contribution < 1.29 is 14.6 Å². The highest BCUT2D eigenvalue weighted by atomic mass is 79.9. The van der Waals surface area contributed by atoms with Gasteiger partial charge >= 0.3 is 5.97 Å². The van der Waals surface area contributed by atoms with E-state index in [1.54, 1.807) is 21.0 Å². The maximum atomic E-state index is 11.1. The number of methoxy groups -OCH3 is 1. The van der Waals surface area contributed by atoms with Crippen LogP contribution < -0.4 is 4.74 Å². The first-order valence-corrected chi connectivity index (χ1v) is 6.13. The lowest BCUT2D eigenvalue weighted by molar-refractivity contribution is -0.146. The molecule has 1 rings (SSSR count). The quantitative estimate of drug-likeness (QED) is 0.927. The van der Waals surface area contributed by atoms with E-state index in [2.05, 4.69) is 15.9 Å². The summed E-state index contributed by atoms with van der Waals surface area (Å²) in [6.07, 6.45) is 0.436. The Balaban J connectivity index is 3.18. The van der Waals surface area contributed by atoms with E-state index < -0.39 is 11.4 Å². The van der Waals surface area contributed by atoms with Crippen LogP contribution in [-0.2, 0) is 11.2 Å². The van der Waals surface area contributed by atoms with Gasteiger partial charge in [0.2, 0.25) is 0 Å². The number of carboxylic acids is 1. The molecule has 1 aromatic rings. The van der Waals surface area contributed by atoms with E-state index in [0.717, 1.165) is 21.3 Å². The number of hydrogen-bond donors (Lipinski definition) is 1. The second kappa shape index (κ2) is 5.08. The van der Waals surface area contributed by atoms with Crippen LogP contribution in [0.4, 0.5) is 0 Å². The normalized spacial score (nSPS) is 11.4. The van der Waals surface area contributed by atoms with Gasteiger partial charge in [-0.05, 0) is 50.5 Å². The first-order valence-electron chi connectivity index (χ1n) is 5.34. The molecule has 0 aliphatic carbocycles. The molecule has 0 bridgehead atoms. The molecule has 0 heterocycles. The Morgan fingerprint density at radius 3 is 2.53 bits per heavy atom. The van der Waals surface area contributed by atoms with Gasteiger partial charge in [0, 0.05) is 4.47 Å². The molecule has 0 aliphatic rings. The average Bonchev–Trinajstić information content (AvgIpc) is 2.15. The van der Waals surface area contributed by atoms with Gasteiger partial charge < -0.3 is 9.84 Å². The Bertz CT molecular complexity index is 439. The van der Waals surface area contributed by atoms with Crippen LogP contribution in [0.15, 0.2) is 16.6 Å². The van der Waals surface area contributed by atoms with E-state index in [0.29, 0.717) is 6.42 Å². The van der Waals surface area contributed by atoms with Crippen LogP contribution in [0.5, 0.6) is 5.75 Å². The summed E-state index contributed by atoms with van der Waals surface area (Å²) in [6, 6.07) is 3.87. The predicted octanol–water partition coefficient (Wildman–Crippen LogP) is 3.42. The van der Waals surface area contributed by atoms with Crippen molar-refractivity contribution in [2.45, 2.75) is 27.2 Å². The van der Waals surface area contributed by atoms with Gasteiger partial charge in [0.05, 0.1) is 12.5 Å². The minimum Gasteiger partial charge on any atom is -0.496 e. The zero-order valence-electron chi connectivity index (χ0n) is 10.5. The maximum Gasteiger partial charge on any atom is 0.309 e. The second-order valence-corrected chi connectivity index (χ2v) is 5.70. The number of aryl methyl sites for hydroxylation is 1. The highest BCUT2D eigenvalue weighted by Gasteiger charge is 2.29. The molecule has 0 fully saturated rings. The van der Waals surface area contributed by atoms with Gasteiger partial charge in [-0.1, -0.05) is 15.9 Å². The Labute approximate surface area is 110 Å². The highest BCUT2D eigenvalue weighted by Crippen LogP contribution is 2.33. The van der Waals surface area contributed by atoms with Crippen molar-refractivity contribution in [3.63, 3.8) is 0 Å².